The minimum absolute atomic E-state index is 0.0189. The van der Waals surface area contributed by atoms with E-state index in [0.29, 0.717) is 13.1 Å². The third kappa shape index (κ3) is 15.4. The van der Waals surface area contributed by atoms with Gasteiger partial charge in [0.15, 0.2) is 0 Å². The lowest BCUT2D eigenvalue weighted by atomic mass is 10.2. The van der Waals surface area contributed by atoms with Gasteiger partial charge < -0.3 is 20.2 Å². The van der Waals surface area contributed by atoms with Gasteiger partial charge in [-0.15, -0.1) is 0 Å². The second-order valence-corrected chi connectivity index (χ2v) is 7.45. The molecule has 2 N–H and O–H groups in total. The number of carbonyl (C=O) groups is 4. The fourth-order valence-electron chi connectivity index (χ4n) is 1.34. The Labute approximate surface area is 139 Å². The van der Waals surface area contributed by atoms with Gasteiger partial charge in [-0.05, 0) is 13.8 Å². The molecule has 22 heavy (non-hydrogen) atoms. The molecule has 0 heterocycles. The zero-order valence-electron chi connectivity index (χ0n) is 13.1. The van der Waals surface area contributed by atoms with Gasteiger partial charge in [-0.2, -0.15) is 0 Å². The summed E-state index contributed by atoms with van der Waals surface area (Å²) in [4.78, 5) is 44.1. The van der Waals surface area contributed by atoms with Crippen molar-refractivity contribution in [3.05, 3.63) is 0 Å². The summed E-state index contributed by atoms with van der Waals surface area (Å²) in [7, 11) is 3.24. The topological polar surface area (TPSA) is 92.3 Å². The maximum absolute atomic E-state index is 11.3. The van der Waals surface area contributed by atoms with Crippen LogP contribution >= 0.6 is 21.6 Å². The number of amides is 2. The van der Waals surface area contributed by atoms with Gasteiger partial charge in [-0.25, -0.2) is 0 Å². The first kappa shape index (κ1) is 21.0. The van der Waals surface area contributed by atoms with Gasteiger partial charge in [0.25, 0.3) is 0 Å². The number of nitrogens with one attached hydrogen (secondary N) is 2. The number of ketones is 2. The first-order valence-electron chi connectivity index (χ1n) is 7.18. The van der Waals surface area contributed by atoms with Crippen molar-refractivity contribution >= 4 is 45.0 Å². The summed E-state index contributed by atoms with van der Waals surface area (Å²) in [6.45, 7) is 4.08. The van der Waals surface area contributed by atoms with Gasteiger partial charge in [0.2, 0.25) is 11.8 Å². The van der Waals surface area contributed by atoms with Crippen LogP contribution in [0.15, 0.2) is 0 Å². The van der Waals surface area contributed by atoms with Crippen molar-refractivity contribution in [2.45, 2.75) is 39.5 Å². The summed E-state index contributed by atoms with van der Waals surface area (Å²) in [6.07, 6.45) is 1.08. The average molecular weight is 348 g/mol. The molecule has 126 valence electrons. The van der Waals surface area contributed by atoms with Gasteiger partial charge in [0.1, 0.15) is 11.6 Å². The van der Waals surface area contributed by atoms with Crippen molar-refractivity contribution in [1.29, 1.82) is 0 Å². The van der Waals surface area contributed by atoms with Crippen molar-refractivity contribution < 1.29 is 19.2 Å². The molecule has 0 rings (SSSR count). The molecular weight excluding hydrogens is 324 g/mol. The number of carbonyl (C=O) groups excluding carboxylic acids is 4. The molecule has 0 aliphatic carbocycles. The Morgan fingerprint density at radius 3 is 1.36 bits per heavy atom. The van der Waals surface area contributed by atoms with Crippen LogP contribution in [0, 0.1) is 0 Å². The normalized spacial score (nSPS) is 10.1. The fourth-order valence-corrected chi connectivity index (χ4v) is 3.15. The molecule has 0 aromatic heterocycles. The van der Waals surface area contributed by atoms with E-state index in [1.165, 1.54) is 13.8 Å². The van der Waals surface area contributed by atoms with Crippen LogP contribution in [0.3, 0.4) is 0 Å². The lowest BCUT2D eigenvalue weighted by Gasteiger charge is -2.05. The molecule has 0 saturated carbocycles. The highest BCUT2D eigenvalue weighted by atomic mass is 33.1. The Balaban J connectivity index is 3.33. The number of hydrogen-bond donors (Lipinski definition) is 2. The molecule has 6 nitrogen and oxygen atoms in total. The van der Waals surface area contributed by atoms with Crippen LogP contribution < -0.4 is 10.6 Å². The highest BCUT2D eigenvalue weighted by Crippen LogP contribution is 2.19. The van der Waals surface area contributed by atoms with Gasteiger partial charge >= 0.3 is 0 Å². The molecular formula is C14H24N2O4S2. The first-order valence-corrected chi connectivity index (χ1v) is 9.67. The summed E-state index contributed by atoms with van der Waals surface area (Å²) in [5.41, 5.74) is 0. The molecule has 0 aromatic carbocycles. The van der Waals surface area contributed by atoms with E-state index >= 15 is 0 Å². The predicted molar refractivity (Wildman–Crippen MR) is 90.8 cm³/mol. The lowest BCUT2D eigenvalue weighted by molar-refractivity contribution is -0.124. The Morgan fingerprint density at radius 1 is 0.682 bits per heavy atom. The van der Waals surface area contributed by atoms with Crippen molar-refractivity contribution in [1.82, 2.24) is 10.6 Å². The minimum atomic E-state index is -0.0986. The maximum atomic E-state index is 11.3. The van der Waals surface area contributed by atoms with E-state index in [1.54, 1.807) is 21.6 Å². The zero-order chi connectivity index (χ0) is 16.8. The van der Waals surface area contributed by atoms with Crippen molar-refractivity contribution in [2.24, 2.45) is 0 Å². The average Bonchev–Trinajstić information content (AvgIpc) is 2.45. The summed E-state index contributed by atoms with van der Waals surface area (Å²) in [5.74, 6) is 1.39. The van der Waals surface area contributed by atoms with Crippen LogP contribution in [0.1, 0.15) is 39.5 Å². The Hall–Kier alpha value is -1.02. The van der Waals surface area contributed by atoms with E-state index in [4.69, 9.17) is 0 Å². The standard InChI is InChI=1S/C14H24N2O4S2/c1-11(17)3-5-13(19)15-7-9-21-22-10-8-16-14(20)6-4-12(2)18/h3-10H2,1-2H3,(H,15,19)(H,16,20). The van der Waals surface area contributed by atoms with Gasteiger partial charge in [-0.1, -0.05) is 21.6 Å². The molecule has 0 spiro atoms. The molecule has 0 unspecified atom stereocenters. The highest BCUT2D eigenvalue weighted by molar-refractivity contribution is 8.76. The lowest BCUT2D eigenvalue weighted by Crippen LogP contribution is -2.26. The van der Waals surface area contributed by atoms with Gasteiger partial charge in [0.05, 0.1) is 0 Å². The van der Waals surface area contributed by atoms with E-state index in [2.05, 4.69) is 10.6 Å². The number of rotatable bonds is 13. The highest BCUT2D eigenvalue weighted by Gasteiger charge is 2.04. The smallest absolute Gasteiger partial charge is 0.220 e. The van der Waals surface area contributed by atoms with Crippen LogP contribution in [-0.2, 0) is 19.2 Å². The monoisotopic (exact) mass is 348 g/mol. The minimum Gasteiger partial charge on any atom is -0.355 e. The second kappa shape index (κ2) is 13.6. The van der Waals surface area contributed by atoms with E-state index in [0.717, 1.165) is 11.5 Å². The number of hydrogen-bond acceptors (Lipinski definition) is 6. The van der Waals surface area contributed by atoms with Gasteiger partial charge in [-0.3, -0.25) is 9.59 Å². The molecule has 0 radical (unpaired) electrons. The van der Waals surface area contributed by atoms with E-state index < -0.39 is 0 Å². The van der Waals surface area contributed by atoms with E-state index in [1.807, 2.05) is 0 Å². The first-order chi connectivity index (χ1) is 10.4. The van der Waals surface area contributed by atoms with Crippen LogP contribution in [0.4, 0.5) is 0 Å². The molecule has 2 amide bonds. The van der Waals surface area contributed by atoms with Crippen LogP contribution in [0.2, 0.25) is 0 Å². The van der Waals surface area contributed by atoms with Crippen LogP contribution in [-0.4, -0.2) is 48.0 Å². The molecule has 0 bridgehead atoms. The molecule has 0 aromatic rings. The van der Waals surface area contributed by atoms with Crippen molar-refractivity contribution in [2.75, 3.05) is 24.6 Å². The molecule has 8 heteroatoms. The second-order valence-electron chi connectivity index (χ2n) is 4.75. The predicted octanol–water partition coefficient (Wildman–Crippen LogP) is 1.34. The SMILES string of the molecule is CC(=O)CCC(=O)NCCSSCCNC(=O)CCC(C)=O. The molecule has 0 fully saturated rings. The Morgan fingerprint density at radius 2 is 1.05 bits per heavy atom. The molecule has 0 aliphatic heterocycles. The number of Topliss-reactive ketones (excluding diaryl/α,β-unsaturated/α-hetero) is 2. The molecule has 0 saturated heterocycles. The molecule has 0 atom stereocenters. The maximum Gasteiger partial charge on any atom is 0.220 e. The van der Waals surface area contributed by atoms with Gasteiger partial charge in [0, 0.05) is 50.3 Å². The summed E-state index contributed by atoms with van der Waals surface area (Å²) >= 11 is 0. The van der Waals surface area contributed by atoms with E-state index in [9.17, 15) is 19.2 Å². The summed E-state index contributed by atoms with van der Waals surface area (Å²) in [5, 5.41) is 5.49. The van der Waals surface area contributed by atoms with Crippen molar-refractivity contribution in [3.8, 4) is 0 Å². The Kier molecular flexibility index (Phi) is 13.0. The fraction of sp³-hybridized carbons (Fsp3) is 0.714. The third-order valence-corrected chi connectivity index (χ3v) is 4.91. The summed E-state index contributed by atoms with van der Waals surface area (Å²) in [6, 6.07) is 0. The quantitative estimate of drug-likeness (QED) is 0.385. The Bertz CT molecular complexity index is 353. The molecule has 0 aliphatic rings. The largest absolute Gasteiger partial charge is 0.355 e. The van der Waals surface area contributed by atoms with Crippen LogP contribution in [0.5, 0.6) is 0 Å². The van der Waals surface area contributed by atoms with Crippen molar-refractivity contribution in [3.63, 3.8) is 0 Å². The zero-order valence-corrected chi connectivity index (χ0v) is 14.7. The van der Waals surface area contributed by atoms with E-state index in [-0.39, 0.29) is 49.1 Å². The summed E-state index contributed by atoms with van der Waals surface area (Å²) < 4.78 is 0. The van der Waals surface area contributed by atoms with Crippen LogP contribution in [0.25, 0.3) is 0 Å². The third-order valence-electron chi connectivity index (χ3n) is 2.51.